The van der Waals surface area contributed by atoms with Crippen LogP contribution in [0.1, 0.15) is 44.1 Å². The number of amides is 2. The van der Waals surface area contributed by atoms with Gasteiger partial charge in [-0.05, 0) is 92.4 Å². The second kappa shape index (κ2) is 11.0. The van der Waals surface area contributed by atoms with Gasteiger partial charge in [-0.25, -0.2) is 18.3 Å². The summed E-state index contributed by atoms with van der Waals surface area (Å²) in [5.41, 5.74) is 4.64. The van der Waals surface area contributed by atoms with E-state index in [0.717, 1.165) is 62.7 Å². The largest absolute Gasteiger partial charge is 0.274 e. The lowest BCUT2D eigenvalue weighted by molar-refractivity contribution is -0.122. The molecule has 1 aliphatic heterocycles. The first-order valence-electron chi connectivity index (χ1n) is 13.4. The fourth-order valence-electron chi connectivity index (χ4n) is 5.38. The number of aryl methyl sites for hydroxylation is 1. The number of anilines is 1. The molecule has 2 amide bonds. The van der Waals surface area contributed by atoms with Crippen molar-refractivity contribution in [1.29, 1.82) is 0 Å². The summed E-state index contributed by atoms with van der Waals surface area (Å²) in [6, 6.07) is 15.5. The molecule has 206 valence electrons. The molecule has 0 bridgehead atoms. The molecular weight excluding hydrogens is 563 g/mol. The van der Waals surface area contributed by atoms with E-state index in [2.05, 4.69) is 12.1 Å². The van der Waals surface area contributed by atoms with Crippen molar-refractivity contribution >= 4 is 60.4 Å². The number of carbonyl (C=O) groups is 2. The third kappa shape index (κ3) is 5.16. The van der Waals surface area contributed by atoms with Gasteiger partial charge >= 0.3 is 0 Å². The standard InChI is InChI=1S/C30H29N3O4S3/c1-20-9-14-24-26(18-20)39-29(31-24)22-10-12-23(13-11-22)33-27(34)19-25(30(33)35)32(16-15-21-6-3-2-4-7-21)40(36,37)28-8-5-17-38-28/h5-6,8-14,17-18,25H,2-4,7,15-16,19H2,1H3. The second-order valence-corrected chi connectivity index (χ2v) is 14.3. The zero-order valence-electron chi connectivity index (χ0n) is 22.1. The van der Waals surface area contributed by atoms with Crippen LogP contribution in [0, 0.1) is 6.92 Å². The Balaban J connectivity index is 1.26. The van der Waals surface area contributed by atoms with Gasteiger partial charge in [-0.1, -0.05) is 23.8 Å². The molecule has 0 saturated carbocycles. The average Bonchev–Trinajstić information content (AvgIpc) is 3.69. The lowest BCUT2D eigenvalue weighted by Gasteiger charge is -2.27. The maximum atomic E-state index is 13.7. The quantitative estimate of drug-likeness (QED) is 0.171. The van der Waals surface area contributed by atoms with Gasteiger partial charge in [-0.15, -0.1) is 22.7 Å². The average molecular weight is 592 g/mol. The fraction of sp³-hybridized carbons (Fsp3) is 0.300. The summed E-state index contributed by atoms with van der Waals surface area (Å²) < 4.78 is 29.9. The van der Waals surface area contributed by atoms with Gasteiger partial charge in [0, 0.05) is 12.1 Å². The van der Waals surface area contributed by atoms with E-state index in [1.807, 2.05) is 31.2 Å². The van der Waals surface area contributed by atoms with Gasteiger partial charge in [-0.3, -0.25) is 9.59 Å². The van der Waals surface area contributed by atoms with E-state index in [1.165, 1.54) is 15.4 Å². The highest BCUT2D eigenvalue weighted by Gasteiger charge is 2.47. The number of fused-ring (bicyclic) bond motifs is 1. The predicted molar refractivity (Wildman–Crippen MR) is 160 cm³/mol. The van der Waals surface area contributed by atoms with E-state index >= 15 is 0 Å². The van der Waals surface area contributed by atoms with Crippen LogP contribution in [0.5, 0.6) is 0 Å². The van der Waals surface area contributed by atoms with Gasteiger partial charge in [0.15, 0.2) is 0 Å². The number of hydrogen-bond acceptors (Lipinski definition) is 7. The van der Waals surface area contributed by atoms with Crippen LogP contribution in [-0.2, 0) is 19.6 Å². The highest BCUT2D eigenvalue weighted by atomic mass is 32.2. The summed E-state index contributed by atoms with van der Waals surface area (Å²) in [5.74, 6) is -0.910. The van der Waals surface area contributed by atoms with Gasteiger partial charge < -0.3 is 0 Å². The molecule has 1 aliphatic carbocycles. The van der Waals surface area contributed by atoms with Crippen LogP contribution in [0.25, 0.3) is 20.8 Å². The number of hydrogen-bond donors (Lipinski definition) is 0. The zero-order valence-corrected chi connectivity index (χ0v) is 24.5. The van der Waals surface area contributed by atoms with Crippen LogP contribution >= 0.6 is 22.7 Å². The van der Waals surface area contributed by atoms with Gasteiger partial charge in [0.25, 0.3) is 15.9 Å². The molecule has 3 heterocycles. The molecule has 0 N–H and O–H groups in total. The summed E-state index contributed by atoms with van der Waals surface area (Å²) in [5, 5.41) is 2.56. The summed E-state index contributed by atoms with van der Waals surface area (Å²) in [6.07, 6.45) is 6.72. The van der Waals surface area contributed by atoms with E-state index in [1.54, 1.807) is 41.0 Å². The Hall–Kier alpha value is -3.18. The Morgan fingerprint density at radius 2 is 1.90 bits per heavy atom. The second-order valence-electron chi connectivity index (χ2n) is 10.2. The first-order valence-corrected chi connectivity index (χ1v) is 16.5. The van der Waals surface area contributed by atoms with E-state index in [4.69, 9.17) is 4.98 Å². The van der Waals surface area contributed by atoms with Crippen LogP contribution in [0.2, 0.25) is 0 Å². The zero-order chi connectivity index (χ0) is 27.9. The molecule has 1 unspecified atom stereocenters. The number of carbonyl (C=O) groups excluding carboxylic acids is 2. The van der Waals surface area contributed by atoms with Crippen molar-refractivity contribution in [2.45, 2.75) is 55.7 Å². The highest BCUT2D eigenvalue weighted by molar-refractivity contribution is 7.91. The number of thiazole rings is 1. The lowest BCUT2D eigenvalue weighted by atomic mass is 9.97. The number of nitrogens with zero attached hydrogens (tertiary/aromatic N) is 3. The predicted octanol–water partition coefficient (Wildman–Crippen LogP) is 6.55. The number of benzene rings is 2. The summed E-state index contributed by atoms with van der Waals surface area (Å²) >= 11 is 2.71. The van der Waals surface area contributed by atoms with Crippen LogP contribution < -0.4 is 4.90 Å². The van der Waals surface area contributed by atoms with Crippen LogP contribution in [0.4, 0.5) is 5.69 Å². The first-order chi connectivity index (χ1) is 19.3. The summed E-state index contributed by atoms with van der Waals surface area (Å²) in [4.78, 5) is 32.7. The number of thiophene rings is 1. The molecule has 2 aromatic carbocycles. The molecule has 1 saturated heterocycles. The minimum atomic E-state index is -3.94. The van der Waals surface area contributed by atoms with Crippen molar-refractivity contribution in [1.82, 2.24) is 9.29 Å². The first kappa shape index (κ1) is 27.0. The van der Waals surface area contributed by atoms with Gasteiger partial charge in [0.1, 0.15) is 15.3 Å². The Kier molecular flexibility index (Phi) is 7.43. The van der Waals surface area contributed by atoms with E-state index in [9.17, 15) is 18.0 Å². The molecule has 7 nitrogen and oxygen atoms in total. The van der Waals surface area contributed by atoms with Gasteiger partial charge in [0.2, 0.25) is 5.91 Å². The van der Waals surface area contributed by atoms with Crippen LogP contribution in [0.15, 0.2) is 75.8 Å². The third-order valence-electron chi connectivity index (χ3n) is 7.48. The molecule has 40 heavy (non-hydrogen) atoms. The molecule has 2 aliphatic rings. The molecule has 10 heteroatoms. The van der Waals surface area contributed by atoms with Crippen molar-refractivity contribution in [3.05, 3.63) is 77.2 Å². The number of sulfonamides is 1. The topological polar surface area (TPSA) is 87.7 Å². The Morgan fingerprint density at radius 3 is 2.62 bits per heavy atom. The van der Waals surface area contributed by atoms with Crippen molar-refractivity contribution < 1.29 is 18.0 Å². The Labute approximate surface area is 241 Å². The fourth-order valence-corrected chi connectivity index (χ4v) is 9.15. The van der Waals surface area contributed by atoms with Crippen LogP contribution in [-0.4, -0.2) is 42.1 Å². The minimum absolute atomic E-state index is 0.166. The Bertz CT molecular complexity index is 1710. The normalized spacial score (nSPS) is 18.2. The van der Waals surface area contributed by atoms with E-state index in [0.29, 0.717) is 12.1 Å². The van der Waals surface area contributed by atoms with E-state index < -0.39 is 27.9 Å². The maximum absolute atomic E-state index is 13.7. The lowest BCUT2D eigenvalue weighted by Crippen LogP contribution is -2.45. The smallest absolute Gasteiger partial charge is 0.253 e. The van der Waals surface area contributed by atoms with Crippen molar-refractivity contribution in [2.75, 3.05) is 11.4 Å². The van der Waals surface area contributed by atoms with Gasteiger partial charge in [0.05, 0.1) is 22.3 Å². The van der Waals surface area contributed by atoms with Crippen LogP contribution in [0.3, 0.4) is 0 Å². The monoisotopic (exact) mass is 591 g/mol. The number of imide groups is 1. The molecule has 1 fully saturated rings. The van der Waals surface area contributed by atoms with Crippen molar-refractivity contribution in [3.63, 3.8) is 0 Å². The Morgan fingerprint density at radius 1 is 1.07 bits per heavy atom. The molecule has 4 aromatic rings. The molecule has 0 radical (unpaired) electrons. The third-order valence-corrected chi connectivity index (χ3v) is 11.8. The van der Waals surface area contributed by atoms with Crippen molar-refractivity contribution in [2.24, 2.45) is 0 Å². The number of rotatable bonds is 8. The number of allylic oxidation sites excluding steroid dienone is 1. The summed E-state index contributed by atoms with van der Waals surface area (Å²) in [7, 11) is -3.94. The molecule has 0 spiro atoms. The molecule has 6 rings (SSSR count). The molecule has 2 aromatic heterocycles. The maximum Gasteiger partial charge on any atom is 0.253 e. The highest BCUT2D eigenvalue weighted by Crippen LogP contribution is 2.35. The molecular formula is C30H29N3O4S3. The molecule has 1 atom stereocenters. The number of aromatic nitrogens is 1. The van der Waals surface area contributed by atoms with Crippen molar-refractivity contribution in [3.8, 4) is 10.6 Å². The summed E-state index contributed by atoms with van der Waals surface area (Å²) in [6.45, 7) is 2.21. The van der Waals surface area contributed by atoms with Gasteiger partial charge in [-0.2, -0.15) is 4.31 Å². The SMILES string of the molecule is Cc1ccc2nc(-c3ccc(N4C(=O)CC(N(CCC5=CCCCC5)S(=O)(=O)c5cccs5)C4=O)cc3)sc2c1. The van der Waals surface area contributed by atoms with E-state index in [-0.39, 0.29) is 17.2 Å². The minimum Gasteiger partial charge on any atom is -0.274 e.